The first kappa shape index (κ1) is 46.2. The molecule has 1 aliphatic rings. The van der Waals surface area contributed by atoms with Crippen LogP contribution in [0.1, 0.15) is 33.6 Å². The van der Waals surface area contributed by atoms with Gasteiger partial charge in [0.15, 0.2) is 0 Å². The second-order valence-corrected chi connectivity index (χ2v) is 19.1. The summed E-state index contributed by atoms with van der Waals surface area (Å²) in [5, 5.41) is 0. The Labute approximate surface area is 429 Å². The highest BCUT2D eigenvalue weighted by atomic mass is 15.2. The molecule has 73 heavy (non-hydrogen) atoms. The number of nitrogens with zero attached hydrogens (tertiary/aromatic N) is 7. The summed E-state index contributed by atoms with van der Waals surface area (Å²) in [6.45, 7) is 6.83. The Balaban J connectivity index is 0.892. The monoisotopic (exact) mass is 947 g/mol. The maximum absolute atomic E-state index is 4.84. The molecule has 0 radical (unpaired) electrons. The lowest BCUT2D eigenvalue weighted by atomic mass is 10.0. The number of allylic oxidation sites excluding steroid dienone is 3. The van der Waals surface area contributed by atoms with Crippen LogP contribution in [-0.4, -0.2) is 14.5 Å². The molecule has 3 heterocycles. The van der Waals surface area contributed by atoms with Crippen molar-refractivity contribution in [1.29, 1.82) is 0 Å². The highest BCUT2D eigenvalue weighted by Crippen LogP contribution is 2.42. The molecule has 10 aromatic rings. The van der Waals surface area contributed by atoms with Crippen molar-refractivity contribution in [3.8, 4) is 22.5 Å². The molecule has 0 N–H and O–H groups in total. The first-order valence-corrected chi connectivity index (χ1v) is 25.1. The van der Waals surface area contributed by atoms with Gasteiger partial charge in [-0.25, -0.2) is 9.97 Å². The van der Waals surface area contributed by atoms with E-state index in [1.807, 2.05) is 36.7 Å². The minimum absolute atomic E-state index is 0.223. The smallest absolute Gasteiger partial charge is 0.137 e. The molecular weight excluding hydrogens is 891 g/mol. The van der Waals surface area contributed by atoms with E-state index in [1.165, 1.54) is 5.70 Å². The molecule has 11 rings (SSSR count). The van der Waals surface area contributed by atoms with Crippen LogP contribution in [0.5, 0.6) is 0 Å². The first-order valence-electron chi connectivity index (χ1n) is 25.1. The Morgan fingerprint density at radius 1 is 0.342 bits per heavy atom. The van der Waals surface area contributed by atoms with E-state index >= 15 is 0 Å². The summed E-state index contributed by atoms with van der Waals surface area (Å²) in [4.78, 5) is 18.7. The van der Waals surface area contributed by atoms with E-state index in [2.05, 4.69) is 275 Å². The number of benzene rings is 7. The van der Waals surface area contributed by atoms with Gasteiger partial charge in [0.1, 0.15) is 11.6 Å². The van der Waals surface area contributed by atoms with Gasteiger partial charge in [0.25, 0.3) is 0 Å². The van der Waals surface area contributed by atoms with Crippen LogP contribution in [0.15, 0.2) is 273 Å². The highest BCUT2D eigenvalue weighted by Gasteiger charge is 2.24. The van der Waals surface area contributed by atoms with Crippen molar-refractivity contribution >= 4 is 62.8 Å². The topological polar surface area (TPSA) is 43.7 Å². The molecule has 7 nitrogen and oxygen atoms in total. The average molecular weight is 948 g/mol. The predicted molar refractivity (Wildman–Crippen MR) is 305 cm³/mol. The highest BCUT2D eigenvalue weighted by molar-refractivity contribution is 5.83. The SMILES string of the molecule is CC(C)(C)n1c(-c2ccc(N(c3ccc(N(C4=CCCC=C4)c4ccccc4)cc3)c3ccccn3)cc2)ccc1-c1ccc(N(c2ccc(N(c3ccccc3)c3ccccc3)cc2)c2ccccn2)cc1. The standard InChI is InChI=1S/C66H57N7/c1-66(2,3)73-62(50-30-34-58(35-31-50)71(64-28-16-18-48-67-64)60-42-38-56(39-43-60)69(52-20-8-4-9-21-52)53-22-10-5-11-23-53)46-47-63(73)51-32-36-59(37-33-51)72(65-29-17-19-49-68-65)61-44-40-57(41-45-61)70(54-24-12-6-13-25-54)55-26-14-7-15-27-55/h4-6,8-14,16-49H,7,15H2,1-3H3. The number of hydrogen-bond acceptors (Lipinski definition) is 6. The van der Waals surface area contributed by atoms with E-state index in [9.17, 15) is 0 Å². The normalized spacial score (nSPS) is 12.2. The summed E-state index contributed by atoms with van der Waals surface area (Å²) in [5.74, 6) is 1.69. The zero-order chi connectivity index (χ0) is 49.6. The lowest BCUT2D eigenvalue weighted by molar-refractivity contribution is 0.407. The third-order valence-corrected chi connectivity index (χ3v) is 13.2. The molecule has 0 saturated heterocycles. The summed E-state index contributed by atoms with van der Waals surface area (Å²) in [5.41, 5.74) is 15.1. The zero-order valence-corrected chi connectivity index (χ0v) is 41.4. The lowest BCUT2D eigenvalue weighted by Crippen LogP contribution is -2.23. The third kappa shape index (κ3) is 9.81. The van der Waals surface area contributed by atoms with Gasteiger partial charge in [0.05, 0.1) is 0 Å². The summed E-state index contributed by atoms with van der Waals surface area (Å²) in [6, 6.07) is 83.5. The van der Waals surface area contributed by atoms with Crippen molar-refractivity contribution in [2.75, 3.05) is 19.6 Å². The first-order chi connectivity index (χ1) is 35.9. The maximum atomic E-state index is 4.84. The van der Waals surface area contributed by atoms with E-state index in [1.54, 1.807) is 0 Å². The van der Waals surface area contributed by atoms with Crippen LogP contribution in [0.2, 0.25) is 0 Å². The van der Waals surface area contributed by atoms with Crippen LogP contribution in [0.3, 0.4) is 0 Å². The van der Waals surface area contributed by atoms with Gasteiger partial charge >= 0.3 is 0 Å². The number of pyridine rings is 2. The van der Waals surface area contributed by atoms with Gasteiger partial charge in [0.2, 0.25) is 0 Å². The Bertz CT molecular complexity index is 3400. The fraction of sp³-hybridized carbons (Fsp3) is 0.0909. The zero-order valence-electron chi connectivity index (χ0n) is 41.4. The summed E-state index contributed by atoms with van der Waals surface area (Å²) in [7, 11) is 0. The summed E-state index contributed by atoms with van der Waals surface area (Å²) in [6.07, 6.45) is 12.6. The van der Waals surface area contributed by atoms with Gasteiger partial charge < -0.3 is 14.4 Å². The maximum Gasteiger partial charge on any atom is 0.137 e. The number of anilines is 11. The Hall–Kier alpha value is -9.20. The Morgan fingerprint density at radius 3 is 1.04 bits per heavy atom. The van der Waals surface area contributed by atoms with Crippen LogP contribution in [0, 0.1) is 0 Å². The van der Waals surface area contributed by atoms with Crippen LogP contribution in [-0.2, 0) is 5.54 Å². The van der Waals surface area contributed by atoms with E-state index in [0.29, 0.717) is 0 Å². The Morgan fingerprint density at radius 2 is 0.685 bits per heavy atom. The van der Waals surface area contributed by atoms with E-state index in [4.69, 9.17) is 9.97 Å². The van der Waals surface area contributed by atoms with Gasteiger partial charge in [-0.1, -0.05) is 103 Å². The molecule has 0 fully saturated rings. The third-order valence-electron chi connectivity index (χ3n) is 13.2. The number of para-hydroxylation sites is 3. The molecule has 0 spiro atoms. The van der Waals surface area contributed by atoms with Crippen LogP contribution in [0.25, 0.3) is 22.5 Å². The Kier molecular flexibility index (Phi) is 13.1. The second kappa shape index (κ2) is 20.6. The van der Waals surface area contributed by atoms with Crippen molar-refractivity contribution < 1.29 is 0 Å². The van der Waals surface area contributed by atoms with Crippen molar-refractivity contribution in [3.05, 3.63) is 273 Å². The molecule has 0 unspecified atom stereocenters. The predicted octanol–water partition coefficient (Wildman–Crippen LogP) is 18.1. The second-order valence-electron chi connectivity index (χ2n) is 19.1. The molecular formula is C66H57N7. The molecule has 0 atom stereocenters. The molecule has 356 valence electrons. The van der Waals surface area contributed by atoms with Gasteiger partial charge in [-0.2, -0.15) is 0 Å². The molecule has 0 saturated carbocycles. The summed E-state index contributed by atoms with van der Waals surface area (Å²) < 4.78 is 2.46. The number of rotatable bonds is 14. The van der Waals surface area contributed by atoms with Crippen LogP contribution < -0.4 is 19.6 Å². The van der Waals surface area contributed by atoms with Gasteiger partial charge in [0, 0.05) is 86.2 Å². The minimum atomic E-state index is -0.223. The molecule has 7 heteroatoms. The van der Waals surface area contributed by atoms with E-state index in [0.717, 1.165) is 98.2 Å². The number of hydrogen-bond donors (Lipinski definition) is 0. The molecule has 3 aromatic heterocycles. The van der Waals surface area contributed by atoms with E-state index < -0.39 is 0 Å². The fourth-order valence-electron chi connectivity index (χ4n) is 9.86. The van der Waals surface area contributed by atoms with Gasteiger partial charge in [-0.15, -0.1) is 0 Å². The quantitative estimate of drug-likeness (QED) is 0.108. The van der Waals surface area contributed by atoms with Crippen LogP contribution in [0.4, 0.5) is 62.8 Å². The van der Waals surface area contributed by atoms with Crippen molar-refractivity contribution in [2.24, 2.45) is 0 Å². The minimum Gasteiger partial charge on any atom is -0.335 e. The average Bonchev–Trinajstić information content (AvgIpc) is 3.91. The van der Waals surface area contributed by atoms with Gasteiger partial charge in [-0.3, -0.25) is 9.80 Å². The molecule has 0 bridgehead atoms. The van der Waals surface area contributed by atoms with Gasteiger partial charge in [-0.05, 0) is 196 Å². The molecule has 1 aliphatic carbocycles. The number of aromatic nitrogens is 3. The molecule has 0 amide bonds. The molecule has 0 aliphatic heterocycles. The van der Waals surface area contributed by atoms with Crippen molar-refractivity contribution in [2.45, 2.75) is 39.2 Å². The van der Waals surface area contributed by atoms with Crippen molar-refractivity contribution in [1.82, 2.24) is 14.5 Å². The summed E-state index contributed by atoms with van der Waals surface area (Å²) >= 11 is 0. The van der Waals surface area contributed by atoms with E-state index in [-0.39, 0.29) is 5.54 Å². The largest absolute Gasteiger partial charge is 0.335 e. The van der Waals surface area contributed by atoms with Crippen LogP contribution >= 0.6 is 0 Å². The molecule has 7 aromatic carbocycles. The lowest BCUT2D eigenvalue weighted by Gasteiger charge is -2.29. The van der Waals surface area contributed by atoms with Crippen molar-refractivity contribution in [3.63, 3.8) is 0 Å². The fourth-order valence-corrected chi connectivity index (χ4v) is 9.86.